The van der Waals surface area contributed by atoms with Gasteiger partial charge in [-0.1, -0.05) is 26.0 Å². The number of alkyl halides is 1. The number of halogens is 1. The van der Waals surface area contributed by atoms with E-state index < -0.39 is 0 Å². The van der Waals surface area contributed by atoms with Crippen molar-refractivity contribution in [2.24, 2.45) is 5.41 Å². The molecule has 21 heavy (non-hydrogen) atoms. The smallest absolute Gasteiger partial charge is 0.220 e. The Balaban J connectivity index is 2.30. The Morgan fingerprint density at radius 1 is 1.29 bits per heavy atom. The summed E-state index contributed by atoms with van der Waals surface area (Å²) in [5.41, 5.74) is 1.25. The zero-order chi connectivity index (χ0) is 15.7. The highest BCUT2D eigenvalue weighted by molar-refractivity contribution is 6.17. The van der Waals surface area contributed by atoms with Crippen LogP contribution in [0.1, 0.15) is 38.7 Å². The SMILES string of the molecule is COc1ccc(CCC(=O)NCC(C)(C)CCCCl)cc1. The molecule has 0 saturated carbocycles. The van der Waals surface area contributed by atoms with E-state index in [0.717, 1.165) is 30.6 Å². The van der Waals surface area contributed by atoms with Gasteiger partial charge in [-0.15, -0.1) is 11.6 Å². The van der Waals surface area contributed by atoms with Gasteiger partial charge in [-0.3, -0.25) is 4.79 Å². The molecule has 118 valence electrons. The standard InChI is InChI=1S/C17H26ClNO2/c1-17(2,11-4-12-18)13-19-16(20)10-7-14-5-8-15(21-3)9-6-14/h5-6,8-9H,4,7,10-13H2,1-3H3,(H,19,20). The number of aryl methyl sites for hydroxylation is 1. The van der Waals surface area contributed by atoms with E-state index in [1.165, 1.54) is 0 Å². The minimum atomic E-state index is 0.102. The number of rotatable bonds is 9. The first kappa shape index (κ1) is 17.8. The third kappa shape index (κ3) is 7.37. The molecule has 0 heterocycles. The average Bonchev–Trinajstić information content (AvgIpc) is 2.49. The van der Waals surface area contributed by atoms with Crippen LogP contribution in [0.4, 0.5) is 0 Å². The summed E-state index contributed by atoms with van der Waals surface area (Å²) in [5, 5.41) is 3.02. The van der Waals surface area contributed by atoms with Crippen molar-refractivity contribution in [1.82, 2.24) is 5.32 Å². The van der Waals surface area contributed by atoms with Crippen molar-refractivity contribution in [3.8, 4) is 5.75 Å². The number of ether oxygens (including phenoxy) is 1. The minimum Gasteiger partial charge on any atom is -0.497 e. The maximum Gasteiger partial charge on any atom is 0.220 e. The third-order valence-corrected chi connectivity index (χ3v) is 3.82. The Morgan fingerprint density at radius 3 is 2.52 bits per heavy atom. The summed E-state index contributed by atoms with van der Waals surface area (Å²) in [7, 11) is 1.65. The molecule has 0 saturated heterocycles. The van der Waals surface area contributed by atoms with E-state index in [0.29, 0.717) is 18.8 Å². The fraction of sp³-hybridized carbons (Fsp3) is 0.588. The number of amides is 1. The molecule has 0 aliphatic heterocycles. The second kappa shape index (κ2) is 8.93. The lowest BCUT2D eigenvalue weighted by Crippen LogP contribution is -2.34. The van der Waals surface area contributed by atoms with Crippen LogP contribution in [0.2, 0.25) is 0 Å². The summed E-state index contributed by atoms with van der Waals surface area (Å²) in [4.78, 5) is 11.9. The van der Waals surface area contributed by atoms with Crippen molar-refractivity contribution in [2.45, 2.75) is 39.5 Å². The summed E-state index contributed by atoms with van der Waals surface area (Å²) in [6, 6.07) is 7.83. The van der Waals surface area contributed by atoms with Crippen LogP contribution >= 0.6 is 11.6 Å². The molecule has 1 aromatic rings. The van der Waals surface area contributed by atoms with Gasteiger partial charge in [0.25, 0.3) is 0 Å². The summed E-state index contributed by atoms with van der Waals surface area (Å²) < 4.78 is 5.11. The summed E-state index contributed by atoms with van der Waals surface area (Å²) >= 11 is 5.71. The Morgan fingerprint density at radius 2 is 1.95 bits per heavy atom. The van der Waals surface area contributed by atoms with Crippen LogP contribution in [0.25, 0.3) is 0 Å². The molecule has 0 fully saturated rings. The number of hydrogen-bond acceptors (Lipinski definition) is 2. The first-order valence-corrected chi connectivity index (χ1v) is 7.96. The van der Waals surface area contributed by atoms with Crippen LogP contribution in [-0.4, -0.2) is 25.4 Å². The summed E-state index contributed by atoms with van der Waals surface area (Å²) in [6.45, 7) is 5.01. The van der Waals surface area contributed by atoms with Crippen molar-refractivity contribution in [3.05, 3.63) is 29.8 Å². The number of hydrogen-bond donors (Lipinski definition) is 1. The normalized spacial score (nSPS) is 11.2. The van der Waals surface area contributed by atoms with Crippen LogP contribution in [0.15, 0.2) is 24.3 Å². The van der Waals surface area contributed by atoms with E-state index in [1.807, 2.05) is 24.3 Å². The molecule has 0 aliphatic carbocycles. The molecule has 0 aromatic heterocycles. The third-order valence-electron chi connectivity index (χ3n) is 3.55. The second-order valence-corrected chi connectivity index (χ2v) is 6.46. The van der Waals surface area contributed by atoms with Gasteiger partial charge in [-0.25, -0.2) is 0 Å². The zero-order valence-corrected chi connectivity index (χ0v) is 14.0. The first-order valence-electron chi connectivity index (χ1n) is 7.42. The molecule has 0 atom stereocenters. The first-order chi connectivity index (χ1) is 9.96. The van der Waals surface area contributed by atoms with Gasteiger partial charge in [0.2, 0.25) is 5.91 Å². The molecule has 1 amide bonds. The number of carbonyl (C=O) groups excluding carboxylic acids is 1. The van der Waals surface area contributed by atoms with Gasteiger partial charge >= 0.3 is 0 Å². The lowest BCUT2D eigenvalue weighted by Gasteiger charge is -2.24. The predicted octanol–water partition coefficient (Wildman–Crippen LogP) is 3.79. The Hall–Kier alpha value is -1.22. The average molecular weight is 312 g/mol. The molecular weight excluding hydrogens is 286 g/mol. The van der Waals surface area contributed by atoms with E-state index in [4.69, 9.17) is 16.3 Å². The largest absolute Gasteiger partial charge is 0.497 e. The Bertz CT molecular complexity index is 429. The van der Waals surface area contributed by atoms with Gasteiger partial charge in [-0.05, 0) is 42.4 Å². The Kier molecular flexibility index (Phi) is 7.58. The molecule has 1 aromatic carbocycles. The maximum atomic E-state index is 11.9. The number of methoxy groups -OCH3 is 1. The molecular formula is C17H26ClNO2. The van der Waals surface area contributed by atoms with E-state index in [2.05, 4.69) is 19.2 Å². The molecule has 3 nitrogen and oxygen atoms in total. The van der Waals surface area contributed by atoms with Gasteiger partial charge in [0.1, 0.15) is 5.75 Å². The lowest BCUT2D eigenvalue weighted by atomic mass is 9.88. The van der Waals surface area contributed by atoms with Crippen LogP contribution in [0.3, 0.4) is 0 Å². The zero-order valence-electron chi connectivity index (χ0n) is 13.2. The predicted molar refractivity (Wildman–Crippen MR) is 88.1 cm³/mol. The lowest BCUT2D eigenvalue weighted by molar-refractivity contribution is -0.121. The van der Waals surface area contributed by atoms with Gasteiger partial charge < -0.3 is 10.1 Å². The van der Waals surface area contributed by atoms with Crippen molar-refractivity contribution in [2.75, 3.05) is 19.5 Å². The monoisotopic (exact) mass is 311 g/mol. The fourth-order valence-electron chi connectivity index (χ4n) is 2.11. The number of carbonyl (C=O) groups is 1. The van der Waals surface area contributed by atoms with E-state index in [1.54, 1.807) is 7.11 Å². The van der Waals surface area contributed by atoms with Crippen LogP contribution < -0.4 is 10.1 Å². The topological polar surface area (TPSA) is 38.3 Å². The molecule has 0 spiro atoms. The van der Waals surface area contributed by atoms with Gasteiger partial charge in [0.05, 0.1) is 7.11 Å². The van der Waals surface area contributed by atoms with E-state index in [-0.39, 0.29) is 11.3 Å². The molecule has 4 heteroatoms. The number of benzene rings is 1. The molecule has 0 unspecified atom stereocenters. The number of nitrogens with one attached hydrogen (secondary N) is 1. The van der Waals surface area contributed by atoms with Gasteiger partial charge in [0.15, 0.2) is 0 Å². The summed E-state index contributed by atoms with van der Waals surface area (Å²) in [6.07, 6.45) is 3.27. The van der Waals surface area contributed by atoms with Crippen molar-refractivity contribution in [3.63, 3.8) is 0 Å². The van der Waals surface area contributed by atoms with Crippen LogP contribution in [-0.2, 0) is 11.2 Å². The van der Waals surface area contributed by atoms with E-state index >= 15 is 0 Å². The van der Waals surface area contributed by atoms with Crippen molar-refractivity contribution in [1.29, 1.82) is 0 Å². The quantitative estimate of drug-likeness (QED) is 0.705. The van der Waals surface area contributed by atoms with Gasteiger partial charge in [0, 0.05) is 18.8 Å². The summed E-state index contributed by atoms with van der Waals surface area (Å²) in [5.74, 6) is 1.61. The molecule has 1 rings (SSSR count). The molecule has 0 aliphatic rings. The highest BCUT2D eigenvalue weighted by atomic mass is 35.5. The Labute approximate surface area is 133 Å². The highest BCUT2D eigenvalue weighted by Crippen LogP contribution is 2.21. The molecule has 1 N–H and O–H groups in total. The molecule has 0 bridgehead atoms. The van der Waals surface area contributed by atoms with Crippen LogP contribution in [0, 0.1) is 5.41 Å². The highest BCUT2D eigenvalue weighted by Gasteiger charge is 2.18. The van der Waals surface area contributed by atoms with Crippen molar-refractivity contribution < 1.29 is 9.53 Å². The van der Waals surface area contributed by atoms with E-state index in [9.17, 15) is 4.79 Å². The van der Waals surface area contributed by atoms with Crippen molar-refractivity contribution >= 4 is 17.5 Å². The van der Waals surface area contributed by atoms with Gasteiger partial charge in [-0.2, -0.15) is 0 Å². The fourth-order valence-corrected chi connectivity index (χ4v) is 2.24. The molecule has 0 radical (unpaired) electrons. The van der Waals surface area contributed by atoms with Crippen LogP contribution in [0.5, 0.6) is 5.75 Å². The maximum absolute atomic E-state index is 11.9. The minimum absolute atomic E-state index is 0.102. The second-order valence-electron chi connectivity index (χ2n) is 6.08.